The fourth-order valence-electron chi connectivity index (χ4n) is 6.48. The predicted octanol–water partition coefficient (Wildman–Crippen LogP) is 7.53. The highest BCUT2D eigenvalue weighted by Gasteiger charge is 2.49. The van der Waals surface area contributed by atoms with Gasteiger partial charge in [0.2, 0.25) is 0 Å². The topological polar surface area (TPSA) is 98.9 Å². The summed E-state index contributed by atoms with van der Waals surface area (Å²) in [6.07, 6.45) is 1.83. The molecule has 0 aromatic heterocycles. The van der Waals surface area contributed by atoms with Gasteiger partial charge in [0, 0.05) is 31.9 Å². The quantitative estimate of drug-likeness (QED) is 0.179. The standard InChI is InChI=1S/C32H42N2O6S2/c1-29(2)17-21(18-30(3,4)33(29)37)27(35)39-23-9-13-25(14-10-23)41-42-26-15-11-24(12-16-26)40-28(36)22-19-31(5,6)34(38)32(7,8)20-22/h9-16,21-22H,17-20H2,1-8H3. The van der Waals surface area contributed by atoms with Gasteiger partial charge < -0.3 is 9.47 Å². The van der Waals surface area contributed by atoms with Crippen molar-refractivity contribution in [2.75, 3.05) is 0 Å². The van der Waals surface area contributed by atoms with Crippen molar-refractivity contribution in [2.24, 2.45) is 11.8 Å². The van der Waals surface area contributed by atoms with E-state index in [0.29, 0.717) is 37.2 Å². The van der Waals surface area contributed by atoms with Crippen LogP contribution in [-0.2, 0) is 20.0 Å². The van der Waals surface area contributed by atoms with Crippen molar-refractivity contribution in [3.63, 3.8) is 0 Å². The van der Waals surface area contributed by atoms with Crippen molar-refractivity contribution in [2.45, 2.75) is 113 Å². The molecule has 0 amide bonds. The maximum atomic E-state index is 12.9. The number of hydroxylamine groups is 4. The molecule has 2 aromatic rings. The van der Waals surface area contributed by atoms with E-state index < -0.39 is 22.2 Å². The van der Waals surface area contributed by atoms with Gasteiger partial charge in [-0.25, -0.2) is 0 Å². The van der Waals surface area contributed by atoms with E-state index in [0.717, 1.165) is 19.9 Å². The first-order valence-corrected chi connectivity index (χ1v) is 16.5. The largest absolute Gasteiger partial charge is 0.426 e. The minimum Gasteiger partial charge on any atom is -0.426 e. The van der Waals surface area contributed by atoms with Crippen molar-refractivity contribution in [3.8, 4) is 11.5 Å². The van der Waals surface area contributed by atoms with Gasteiger partial charge >= 0.3 is 11.9 Å². The van der Waals surface area contributed by atoms with Crippen LogP contribution in [-0.4, -0.2) is 44.2 Å². The number of esters is 2. The maximum Gasteiger partial charge on any atom is 0.314 e. The second kappa shape index (κ2) is 12.1. The summed E-state index contributed by atoms with van der Waals surface area (Å²) in [5.41, 5.74) is -2.53. The molecule has 0 unspecified atom stereocenters. The molecule has 8 nitrogen and oxygen atoms in total. The normalized spacial score (nSPS) is 22.4. The molecule has 2 aromatic carbocycles. The van der Waals surface area contributed by atoms with Crippen LogP contribution in [0, 0.1) is 11.8 Å². The van der Waals surface area contributed by atoms with Crippen molar-refractivity contribution in [1.29, 1.82) is 0 Å². The summed E-state index contributed by atoms with van der Waals surface area (Å²) < 4.78 is 11.4. The first-order chi connectivity index (χ1) is 19.4. The van der Waals surface area contributed by atoms with Crippen molar-refractivity contribution < 1.29 is 29.5 Å². The molecule has 2 saturated heterocycles. The molecule has 2 aliphatic heterocycles. The molecule has 2 radical (unpaired) electrons. The van der Waals surface area contributed by atoms with E-state index >= 15 is 0 Å². The second-order valence-corrected chi connectivity index (χ2v) is 16.3. The van der Waals surface area contributed by atoms with Crippen LogP contribution in [0.5, 0.6) is 11.5 Å². The lowest BCUT2D eigenvalue weighted by Gasteiger charge is -2.49. The number of hydrogen-bond acceptors (Lipinski definition) is 8. The number of nitrogens with zero attached hydrogens (tertiary/aromatic N) is 2. The SMILES string of the molecule is CC1(C)CC(C(=O)Oc2ccc(SSc3ccc(OC(=O)C4CC(C)(C)N([O])C(C)(C)C4)cc3)cc2)CC(C)(C)N1[O]. The van der Waals surface area contributed by atoms with E-state index in [1.807, 2.05) is 79.7 Å². The minimum absolute atomic E-state index is 0.303. The smallest absolute Gasteiger partial charge is 0.314 e. The molecular weight excluding hydrogens is 572 g/mol. The Morgan fingerprint density at radius 3 is 1.10 bits per heavy atom. The van der Waals surface area contributed by atoms with Crippen molar-refractivity contribution in [3.05, 3.63) is 48.5 Å². The Morgan fingerprint density at radius 1 is 0.571 bits per heavy atom. The van der Waals surface area contributed by atoms with E-state index in [2.05, 4.69) is 0 Å². The van der Waals surface area contributed by atoms with Crippen LogP contribution >= 0.6 is 21.6 Å². The zero-order valence-electron chi connectivity index (χ0n) is 25.8. The van der Waals surface area contributed by atoms with Gasteiger partial charge in [-0.1, -0.05) is 21.6 Å². The van der Waals surface area contributed by atoms with E-state index in [1.165, 1.54) is 0 Å². The van der Waals surface area contributed by atoms with E-state index in [9.17, 15) is 20.0 Å². The van der Waals surface area contributed by atoms with Crippen LogP contribution in [0.25, 0.3) is 0 Å². The minimum atomic E-state index is -0.631. The number of rotatable bonds is 7. The fourth-order valence-corrected chi connectivity index (χ4v) is 8.41. The number of piperidine rings is 2. The maximum absolute atomic E-state index is 12.9. The molecule has 0 saturated carbocycles. The van der Waals surface area contributed by atoms with Crippen LogP contribution < -0.4 is 9.47 Å². The zero-order chi connectivity index (χ0) is 31.1. The summed E-state index contributed by atoms with van der Waals surface area (Å²) in [5.74, 6) is -0.318. The van der Waals surface area contributed by atoms with E-state index in [-0.39, 0.29) is 23.8 Å². The molecule has 0 bridgehead atoms. The molecule has 0 atom stereocenters. The average molecular weight is 615 g/mol. The summed E-state index contributed by atoms with van der Waals surface area (Å²) in [6, 6.07) is 14.7. The summed E-state index contributed by atoms with van der Waals surface area (Å²) in [6.45, 7) is 14.9. The highest BCUT2D eigenvalue weighted by molar-refractivity contribution is 8.76. The molecule has 228 valence electrons. The molecule has 42 heavy (non-hydrogen) atoms. The third-order valence-electron chi connectivity index (χ3n) is 8.17. The number of hydrogen-bond donors (Lipinski definition) is 0. The van der Waals surface area contributed by atoms with Crippen LogP contribution in [0.15, 0.2) is 58.3 Å². The lowest BCUT2D eigenvalue weighted by molar-refractivity contribution is -0.293. The Kier molecular flexibility index (Phi) is 9.48. The van der Waals surface area contributed by atoms with Crippen LogP contribution in [0.2, 0.25) is 0 Å². The number of benzene rings is 2. The van der Waals surface area contributed by atoms with Gasteiger partial charge in [-0.05, 0) is 130 Å². The van der Waals surface area contributed by atoms with Crippen LogP contribution in [0.4, 0.5) is 0 Å². The molecule has 2 heterocycles. The Hall–Kier alpha value is -2.08. The molecule has 0 N–H and O–H groups in total. The molecule has 2 fully saturated rings. The highest BCUT2D eigenvalue weighted by Crippen LogP contribution is 2.43. The van der Waals surface area contributed by atoms with E-state index in [4.69, 9.17) is 9.47 Å². The Bertz CT molecular complexity index is 1140. The van der Waals surface area contributed by atoms with Gasteiger partial charge in [-0.2, -0.15) is 0 Å². The van der Waals surface area contributed by atoms with Crippen molar-refractivity contribution >= 4 is 33.5 Å². The third kappa shape index (κ3) is 7.52. The number of carbonyl (C=O) groups is 2. The van der Waals surface area contributed by atoms with Gasteiger partial charge in [-0.15, -0.1) is 20.5 Å². The van der Waals surface area contributed by atoms with Crippen LogP contribution in [0.1, 0.15) is 81.1 Å². The Balaban J connectivity index is 1.27. The summed E-state index contributed by atoms with van der Waals surface area (Å²) in [7, 11) is 3.13. The Morgan fingerprint density at radius 2 is 0.833 bits per heavy atom. The second-order valence-electron chi connectivity index (χ2n) is 14.0. The van der Waals surface area contributed by atoms with Gasteiger partial charge in [0.15, 0.2) is 0 Å². The molecule has 4 rings (SSSR count). The molecule has 0 spiro atoms. The average Bonchev–Trinajstić information content (AvgIpc) is 2.90. The van der Waals surface area contributed by atoms with Crippen molar-refractivity contribution in [1.82, 2.24) is 10.1 Å². The lowest BCUT2D eigenvalue weighted by atomic mass is 9.75. The molecule has 2 aliphatic rings. The van der Waals surface area contributed by atoms with Gasteiger partial charge in [0.1, 0.15) is 11.5 Å². The highest BCUT2D eigenvalue weighted by atomic mass is 33.1. The van der Waals surface area contributed by atoms with Gasteiger partial charge in [-0.3, -0.25) is 9.59 Å². The monoisotopic (exact) mass is 614 g/mol. The lowest BCUT2D eigenvalue weighted by Crippen LogP contribution is -2.59. The molecular formula is C32H42N2O6S2. The summed E-state index contributed by atoms with van der Waals surface area (Å²) in [5, 5.41) is 27.4. The number of carbonyl (C=O) groups excluding carboxylic acids is 2. The van der Waals surface area contributed by atoms with Gasteiger partial charge in [0.05, 0.1) is 11.8 Å². The predicted molar refractivity (Wildman–Crippen MR) is 163 cm³/mol. The number of ether oxygens (including phenoxy) is 2. The molecule has 0 aliphatic carbocycles. The molecule has 10 heteroatoms. The van der Waals surface area contributed by atoms with E-state index in [1.54, 1.807) is 45.9 Å². The van der Waals surface area contributed by atoms with Crippen LogP contribution in [0.3, 0.4) is 0 Å². The Labute approximate surface area is 257 Å². The fraction of sp³-hybridized carbons (Fsp3) is 0.562. The third-order valence-corrected chi connectivity index (χ3v) is 10.6. The zero-order valence-corrected chi connectivity index (χ0v) is 27.4. The first-order valence-electron chi connectivity index (χ1n) is 14.3. The van der Waals surface area contributed by atoms with Gasteiger partial charge in [0.25, 0.3) is 0 Å². The summed E-state index contributed by atoms with van der Waals surface area (Å²) >= 11 is 0. The first kappa shape index (κ1) is 32.8. The summed E-state index contributed by atoms with van der Waals surface area (Å²) in [4.78, 5) is 27.8.